The number of carbonyl (C=O) groups is 4. The van der Waals surface area contributed by atoms with Gasteiger partial charge in [-0.25, -0.2) is 4.98 Å². The second-order valence-electron chi connectivity index (χ2n) is 4.19. The first-order valence-corrected chi connectivity index (χ1v) is 8.14. The van der Waals surface area contributed by atoms with Crippen LogP contribution in [0.3, 0.4) is 0 Å². The molecule has 0 bridgehead atoms. The Balaban J connectivity index is 1.90. The van der Waals surface area contributed by atoms with E-state index >= 15 is 0 Å². The smallest absolute Gasteiger partial charge is 0.326 e. The molecule has 8 nitrogen and oxygen atoms in total. The van der Waals surface area contributed by atoms with E-state index in [9.17, 15) is 19.2 Å². The van der Waals surface area contributed by atoms with Crippen LogP contribution in [0.2, 0.25) is 0 Å². The molecule has 118 valence electrons. The number of hydrogen-bond donors (Lipinski definition) is 1. The summed E-state index contributed by atoms with van der Waals surface area (Å²) in [6.45, 7) is 1.37. The van der Waals surface area contributed by atoms with Crippen molar-refractivity contribution in [1.82, 2.24) is 9.88 Å². The number of anilines is 1. The van der Waals surface area contributed by atoms with Gasteiger partial charge in [0.25, 0.3) is 5.24 Å². The summed E-state index contributed by atoms with van der Waals surface area (Å²) in [5.74, 6) is -1.62. The predicted octanol–water partition coefficient (Wildman–Crippen LogP) is 1.10. The van der Waals surface area contributed by atoms with E-state index in [1.807, 2.05) is 0 Å². The Hall–Kier alpha value is -1.94. The Morgan fingerprint density at radius 1 is 1.45 bits per heavy atom. The van der Waals surface area contributed by atoms with Crippen molar-refractivity contribution >= 4 is 51.3 Å². The number of thioether (sulfide) groups is 1. The molecule has 1 fully saturated rings. The van der Waals surface area contributed by atoms with Gasteiger partial charge in [-0.1, -0.05) is 11.8 Å². The second-order valence-corrected chi connectivity index (χ2v) is 6.24. The van der Waals surface area contributed by atoms with Gasteiger partial charge >= 0.3 is 5.97 Å². The van der Waals surface area contributed by atoms with Crippen LogP contribution < -0.4 is 5.32 Å². The number of ether oxygens (including phenoxy) is 1. The monoisotopic (exact) mass is 343 g/mol. The van der Waals surface area contributed by atoms with E-state index in [4.69, 9.17) is 4.74 Å². The van der Waals surface area contributed by atoms with Crippen molar-refractivity contribution in [2.24, 2.45) is 0 Å². The van der Waals surface area contributed by atoms with Crippen molar-refractivity contribution in [2.75, 3.05) is 18.5 Å². The van der Waals surface area contributed by atoms with Crippen molar-refractivity contribution in [2.45, 2.75) is 18.6 Å². The van der Waals surface area contributed by atoms with Crippen molar-refractivity contribution in [3.05, 3.63) is 11.6 Å². The molecule has 1 aromatic heterocycles. The van der Waals surface area contributed by atoms with Crippen molar-refractivity contribution in [3.63, 3.8) is 0 Å². The van der Waals surface area contributed by atoms with E-state index in [1.54, 1.807) is 18.5 Å². The van der Waals surface area contributed by atoms with Crippen LogP contribution in [-0.2, 0) is 19.1 Å². The molecule has 0 saturated carbocycles. The third kappa shape index (κ3) is 4.04. The Labute approximate surface area is 134 Å². The molecule has 3 amide bonds. The van der Waals surface area contributed by atoms with Crippen LogP contribution in [0.1, 0.15) is 13.3 Å². The molecule has 10 heteroatoms. The van der Waals surface area contributed by atoms with Crippen molar-refractivity contribution in [3.8, 4) is 0 Å². The highest BCUT2D eigenvalue weighted by atomic mass is 32.2. The molecule has 0 unspecified atom stereocenters. The Morgan fingerprint density at radius 3 is 2.86 bits per heavy atom. The molecule has 1 aliphatic heterocycles. The molecule has 1 saturated heterocycles. The summed E-state index contributed by atoms with van der Waals surface area (Å²) >= 11 is 1.99. The lowest BCUT2D eigenvalue weighted by Crippen LogP contribution is -2.37. The van der Waals surface area contributed by atoms with Gasteiger partial charge in [-0.2, -0.15) is 0 Å². The topological polar surface area (TPSA) is 106 Å². The van der Waals surface area contributed by atoms with Gasteiger partial charge in [0.15, 0.2) is 5.13 Å². The fourth-order valence-corrected chi connectivity index (χ4v) is 3.26. The van der Waals surface area contributed by atoms with Crippen LogP contribution in [-0.4, -0.2) is 51.3 Å². The maximum Gasteiger partial charge on any atom is 0.326 e. The summed E-state index contributed by atoms with van der Waals surface area (Å²) in [5, 5.41) is 3.29. The van der Waals surface area contributed by atoms with Gasteiger partial charge in [0.2, 0.25) is 11.8 Å². The minimum atomic E-state index is -0.832. The number of aromatic nitrogens is 1. The van der Waals surface area contributed by atoms with Gasteiger partial charge in [-0.3, -0.25) is 24.1 Å². The zero-order valence-electron chi connectivity index (χ0n) is 11.6. The Kier molecular flexibility index (Phi) is 5.50. The van der Waals surface area contributed by atoms with E-state index in [2.05, 4.69) is 10.3 Å². The summed E-state index contributed by atoms with van der Waals surface area (Å²) in [7, 11) is 0. The van der Waals surface area contributed by atoms with Gasteiger partial charge in [0, 0.05) is 18.0 Å². The summed E-state index contributed by atoms with van der Waals surface area (Å²) in [6, 6.07) is 0. The van der Waals surface area contributed by atoms with E-state index < -0.39 is 34.8 Å². The Bertz CT molecular complexity index is 590. The zero-order chi connectivity index (χ0) is 16.1. The molecule has 2 rings (SSSR count). The van der Waals surface area contributed by atoms with Crippen molar-refractivity contribution < 1.29 is 23.9 Å². The largest absolute Gasteiger partial charge is 0.465 e. The van der Waals surface area contributed by atoms with Crippen LogP contribution in [0.25, 0.3) is 0 Å². The molecule has 1 N–H and O–H groups in total. The molecule has 0 radical (unpaired) electrons. The van der Waals surface area contributed by atoms with Crippen LogP contribution in [0.4, 0.5) is 9.93 Å². The van der Waals surface area contributed by atoms with Gasteiger partial charge < -0.3 is 10.1 Å². The molecule has 0 aromatic carbocycles. The molecule has 1 atom stereocenters. The minimum Gasteiger partial charge on any atom is -0.465 e. The molecular formula is C12H13N3O5S2. The fraction of sp³-hybridized carbons (Fsp3) is 0.417. The summed E-state index contributed by atoms with van der Waals surface area (Å²) in [4.78, 5) is 51.7. The second kappa shape index (κ2) is 7.36. The first-order chi connectivity index (χ1) is 10.5. The van der Waals surface area contributed by atoms with E-state index in [1.165, 1.54) is 11.3 Å². The van der Waals surface area contributed by atoms with Crippen LogP contribution in [0.15, 0.2) is 11.6 Å². The number of esters is 1. The average molecular weight is 343 g/mol. The van der Waals surface area contributed by atoms with E-state index in [0.717, 1.165) is 16.7 Å². The molecule has 22 heavy (non-hydrogen) atoms. The number of thiazole rings is 1. The normalized spacial score (nSPS) is 17.7. The first kappa shape index (κ1) is 16.4. The predicted molar refractivity (Wildman–Crippen MR) is 80.5 cm³/mol. The van der Waals surface area contributed by atoms with Crippen LogP contribution in [0.5, 0.6) is 0 Å². The number of nitrogens with one attached hydrogen (secondary N) is 1. The number of carbonyl (C=O) groups excluding carboxylic acids is 4. The Morgan fingerprint density at radius 2 is 2.23 bits per heavy atom. The molecule has 0 aliphatic carbocycles. The van der Waals surface area contributed by atoms with Gasteiger partial charge in [-0.15, -0.1) is 11.3 Å². The van der Waals surface area contributed by atoms with Crippen LogP contribution in [0, 0.1) is 0 Å². The van der Waals surface area contributed by atoms with Crippen molar-refractivity contribution in [1.29, 1.82) is 0 Å². The standard InChI is InChI=1S/C12H13N3O5S2/c1-2-20-9(17)6-15-10(18)7(22-12(15)19)5-8(16)14-11-13-3-4-21-11/h3-4,7H,2,5-6H2,1H3,(H,13,14,16)/t7-/m1/s1. The number of amides is 3. The average Bonchev–Trinajstić information content (AvgIpc) is 3.03. The lowest BCUT2D eigenvalue weighted by atomic mass is 10.2. The van der Waals surface area contributed by atoms with Gasteiger partial charge in [0.1, 0.15) is 11.8 Å². The first-order valence-electron chi connectivity index (χ1n) is 6.38. The quantitative estimate of drug-likeness (QED) is 0.771. The number of hydrogen-bond acceptors (Lipinski definition) is 8. The highest BCUT2D eigenvalue weighted by Gasteiger charge is 2.41. The minimum absolute atomic E-state index is 0.159. The van der Waals surface area contributed by atoms with E-state index in [0.29, 0.717) is 5.13 Å². The zero-order valence-corrected chi connectivity index (χ0v) is 13.2. The molecule has 1 aliphatic rings. The summed E-state index contributed by atoms with van der Waals surface area (Å²) in [5.41, 5.74) is 0. The molecular weight excluding hydrogens is 330 g/mol. The maximum absolute atomic E-state index is 12.1. The fourth-order valence-electron chi connectivity index (χ4n) is 1.73. The van der Waals surface area contributed by atoms with Gasteiger partial charge in [-0.05, 0) is 6.92 Å². The van der Waals surface area contributed by atoms with E-state index in [-0.39, 0.29) is 13.0 Å². The lowest BCUT2D eigenvalue weighted by molar-refractivity contribution is -0.146. The van der Waals surface area contributed by atoms with Crippen LogP contribution >= 0.6 is 23.1 Å². The maximum atomic E-state index is 12.1. The highest BCUT2D eigenvalue weighted by Crippen LogP contribution is 2.29. The molecule has 2 heterocycles. The van der Waals surface area contributed by atoms with Gasteiger partial charge in [0.05, 0.1) is 6.61 Å². The number of nitrogens with zero attached hydrogens (tertiary/aromatic N) is 2. The summed E-state index contributed by atoms with van der Waals surface area (Å²) < 4.78 is 4.71. The lowest BCUT2D eigenvalue weighted by Gasteiger charge is -2.12. The summed E-state index contributed by atoms with van der Waals surface area (Å²) in [6.07, 6.45) is 1.38. The molecule has 1 aromatic rings. The third-order valence-electron chi connectivity index (χ3n) is 2.65. The molecule has 0 spiro atoms. The SMILES string of the molecule is CCOC(=O)CN1C(=O)S[C@H](CC(=O)Nc2nccs2)C1=O. The highest BCUT2D eigenvalue weighted by molar-refractivity contribution is 8.15. The number of rotatable bonds is 6. The number of imide groups is 1. The third-order valence-corrected chi connectivity index (χ3v) is 4.41.